The van der Waals surface area contributed by atoms with Crippen molar-refractivity contribution >= 4 is 22.4 Å². The smallest absolute Gasteiger partial charge is 0.330 e. The van der Waals surface area contributed by atoms with Gasteiger partial charge in [-0.25, -0.2) is 8.42 Å². The zero-order valence-electron chi connectivity index (χ0n) is 12.7. The fraction of sp³-hybridized carbons (Fsp3) is 0.500. The maximum atomic E-state index is 12.8. The van der Waals surface area contributed by atoms with Gasteiger partial charge in [0, 0.05) is 12.6 Å². The van der Waals surface area contributed by atoms with E-state index in [9.17, 15) is 21.6 Å². The van der Waals surface area contributed by atoms with Gasteiger partial charge in [-0.3, -0.25) is 0 Å². The number of nitrogens with two attached hydrogens (primary N) is 1. The van der Waals surface area contributed by atoms with E-state index in [2.05, 4.69) is 0 Å². The van der Waals surface area contributed by atoms with Crippen molar-refractivity contribution in [1.29, 1.82) is 5.26 Å². The van der Waals surface area contributed by atoms with E-state index in [-0.39, 0.29) is 35.8 Å². The Hall–Kier alpha value is -1.34. The number of sulfonamides is 1. The third-order valence-electron chi connectivity index (χ3n) is 3.96. The molecule has 2 unspecified atom stereocenters. The largest absolute Gasteiger partial charge is 0.417 e. The van der Waals surface area contributed by atoms with Crippen molar-refractivity contribution in [3.8, 4) is 6.07 Å². The van der Waals surface area contributed by atoms with Crippen molar-refractivity contribution in [3.63, 3.8) is 0 Å². The molecule has 2 atom stereocenters. The monoisotopic (exact) mass is 383 g/mol. The highest BCUT2D eigenvalue weighted by atomic mass is 35.5. The zero-order valence-corrected chi connectivity index (χ0v) is 14.4. The number of rotatable bonds is 3. The van der Waals surface area contributed by atoms with Crippen molar-refractivity contribution < 1.29 is 21.6 Å². The lowest BCUT2D eigenvalue weighted by atomic mass is 10.1. The van der Waals surface area contributed by atoms with Gasteiger partial charge in [0.2, 0.25) is 10.0 Å². The average Bonchev–Trinajstić information content (AvgIpc) is 2.87. The Labute approximate surface area is 144 Å². The second kappa shape index (κ2) is 7.27. The van der Waals surface area contributed by atoms with E-state index in [4.69, 9.17) is 11.0 Å². The Bertz CT molecular complexity index is 747. The molecule has 134 valence electrons. The van der Waals surface area contributed by atoms with Crippen LogP contribution in [-0.4, -0.2) is 31.9 Å². The van der Waals surface area contributed by atoms with E-state index < -0.39 is 27.3 Å². The van der Waals surface area contributed by atoms with E-state index in [1.807, 2.05) is 0 Å². The molecule has 0 radical (unpaired) electrons. The van der Waals surface area contributed by atoms with Crippen molar-refractivity contribution in [2.75, 3.05) is 13.1 Å². The maximum absolute atomic E-state index is 12.8. The Morgan fingerprint density at radius 1 is 1.42 bits per heavy atom. The van der Waals surface area contributed by atoms with Crippen LogP contribution in [0.2, 0.25) is 0 Å². The molecule has 1 saturated heterocycles. The molecular formula is C14H17ClF3N3O2S. The zero-order chi connectivity index (χ0) is 17.4. The second-order valence-corrected chi connectivity index (χ2v) is 7.47. The summed E-state index contributed by atoms with van der Waals surface area (Å²) >= 11 is 0. The lowest BCUT2D eigenvalue weighted by Crippen LogP contribution is -2.34. The lowest BCUT2D eigenvalue weighted by molar-refractivity contribution is -0.137. The van der Waals surface area contributed by atoms with Gasteiger partial charge in [0.05, 0.1) is 22.1 Å². The summed E-state index contributed by atoms with van der Waals surface area (Å²) in [6.07, 6.45) is -4.11. The van der Waals surface area contributed by atoms with Crippen LogP contribution in [0.15, 0.2) is 23.1 Å². The Kier molecular flexibility index (Phi) is 6.27. The van der Waals surface area contributed by atoms with E-state index in [0.29, 0.717) is 19.0 Å². The molecule has 0 saturated carbocycles. The van der Waals surface area contributed by atoms with Crippen LogP contribution < -0.4 is 5.73 Å². The van der Waals surface area contributed by atoms with Gasteiger partial charge in [-0.1, -0.05) is 0 Å². The van der Waals surface area contributed by atoms with Crippen molar-refractivity contribution in [2.45, 2.75) is 30.5 Å². The first kappa shape index (κ1) is 20.7. The maximum Gasteiger partial charge on any atom is 0.417 e. The van der Waals surface area contributed by atoms with Crippen LogP contribution in [0.1, 0.15) is 24.5 Å². The Morgan fingerprint density at radius 2 is 2.04 bits per heavy atom. The first-order valence-electron chi connectivity index (χ1n) is 6.94. The molecule has 1 aliphatic rings. The molecule has 2 rings (SSSR count). The summed E-state index contributed by atoms with van der Waals surface area (Å²) in [6, 6.07) is 3.42. The van der Waals surface area contributed by atoms with Crippen molar-refractivity contribution in [3.05, 3.63) is 29.3 Å². The number of benzene rings is 1. The molecule has 10 heteroatoms. The number of alkyl halides is 3. The van der Waals surface area contributed by atoms with Crippen LogP contribution in [0.3, 0.4) is 0 Å². The Morgan fingerprint density at radius 3 is 2.50 bits per heavy atom. The summed E-state index contributed by atoms with van der Waals surface area (Å²) in [5.74, 6) is 0.0182. The molecule has 24 heavy (non-hydrogen) atoms. The standard InChI is InChI=1S/C14H16F3N3O2S.ClH/c1-9-4-10(6-18)8-20(9)23(21,22)12-2-3-13(14(15,16)17)11(5-12)7-19;/h2-3,5,9-10H,4,6,8,18H2,1H3;1H. The average molecular weight is 384 g/mol. The van der Waals surface area contributed by atoms with Crippen LogP contribution in [-0.2, 0) is 16.2 Å². The molecule has 0 aromatic heterocycles. The van der Waals surface area contributed by atoms with Crippen molar-refractivity contribution in [2.24, 2.45) is 11.7 Å². The van der Waals surface area contributed by atoms with E-state index in [1.165, 1.54) is 10.4 Å². The minimum absolute atomic E-state index is 0. The first-order valence-corrected chi connectivity index (χ1v) is 8.38. The third kappa shape index (κ3) is 3.83. The van der Waals surface area contributed by atoms with Crippen LogP contribution in [0.4, 0.5) is 13.2 Å². The molecule has 0 bridgehead atoms. The van der Waals surface area contributed by atoms with Gasteiger partial charge in [0.15, 0.2) is 0 Å². The fourth-order valence-electron chi connectivity index (χ4n) is 2.77. The molecule has 0 spiro atoms. The normalized spacial score (nSPS) is 22.0. The summed E-state index contributed by atoms with van der Waals surface area (Å²) in [4.78, 5) is -0.313. The second-order valence-electron chi connectivity index (χ2n) is 5.58. The molecule has 5 nitrogen and oxygen atoms in total. The Balaban J connectivity index is 0.00000288. The van der Waals surface area contributed by atoms with E-state index >= 15 is 0 Å². The molecule has 0 aliphatic carbocycles. The number of hydrogen-bond acceptors (Lipinski definition) is 4. The van der Waals surface area contributed by atoms with Gasteiger partial charge in [-0.15, -0.1) is 12.4 Å². The van der Waals surface area contributed by atoms with Crippen LogP contribution in [0.5, 0.6) is 0 Å². The van der Waals surface area contributed by atoms with E-state index in [1.54, 1.807) is 6.92 Å². The minimum Gasteiger partial charge on any atom is -0.330 e. The van der Waals surface area contributed by atoms with Gasteiger partial charge in [0.25, 0.3) is 0 Å². The summed E-state index contributed by atoms with van der Waals surface area (Å²) in [7, 11) is -3.97. The molecular weight excluding hydrogens is 367 g/mol. The summed E-state index contributed by atoms with van der Waals surface area (Å²) in [5.41, 5.74) is 3.71. The lowest BCUT2D eigenvalue weighted by Gasteiger charge is -2.21. The number of nitrogens with zero attached hydrogens (tertiary/aromatic N) is 2. The highest BCUT2D eigenvalue weighted by Gasteiger charge is 2.39. The van der Waals surface area contributed by atoms with Gasteiger partial charge in [-0.05, 0) is 44.0 Å². The van der Waals surface area contributed by atoms with E-state index in [0.717, 1.165) is 12.1 Å². The van der Waals surface area contributed by atoms with Crippen molar-refractivity contribution in [1.82, 2.24) is 4.31 Å². The molecule has 1 fully saturated rings. The van der Waals surface area contributed by atoms with Gasteiger partial charge >= 0.3 is 6.18 Å². The SMILES string of the molecule is CC1CC(CN)CN1S(=O)(=O)c1ccc(C(F)(F)F)c(C#N)c1.Cl. The molecule has 0 amide bonds. The topological polar surface area (TPSA) is 87.2 Å². The highest BCUT2D eigenvalue weighted by Crippen LogP contribution is 2.34. The van der Waals surface area contributed by atoms with Gasteiger partial charge < -0.3 is 5.73 Å². The minimum atomic E-state index is -4.71. The molecule has 1 aliphatic heterocycles. The molecule has 1 heterocycles. The van der Waals surface area contributed by atoms with Gasteiger partial charge in [0.1, 0.15) is 0 Å². The first-order chi connectivity index (χ1) is 10.6. The summed E-state index contributed by atoms with van der Waals surface area (Å²) in [5, 5.41) is 8.89. The van der Waals surface area contributed by atoms with Gasteiger partial charge in [-0.2, -0.15) is 22.7 Å². The molecule has 1 aromatic rings. The van der Waals surface area contributed by atoms with Crippen LogP contribution in [0.25, 0.3) is 0 Å². The quantitative estimate of drug-likeness (QED) is 0.867. The summed E-state index contributed by atoms with van der Waals surface area (Å²) in [6.45, 7) is 2.29. The predicted octanol–water partition coefficient (Wildman–Crippen LogP) is 2.36. The number of halogens is 4. The fourth-order valence-corrected chi connectivity index (χ4v) is 4.52. The molecule has 1 aromatic carbocycles. The third-order valence-corrected chi connectivity index (χ3v) is 5.94. The number of nitriles is 1. The number of hydrogen-bond donors (Lipinski definition) is 1. The van der Waals surface area contributed by atoms with Crippen LogP contribution >= 0.6 is 12.4 Å². The highest BCUT2D eigenvalue weighted by molar-refractivity contribution is 7.89. The summed E-state index contributed by atoms with van der Waals surface area (Å²) < 4.78 is 64.9. The molecule has 2 N–H and O–H groups in total. The van der Waals surface area contributed by atoms with Crippen LogP contribution in [0, 0.1) is 17.2 Å². The predicted molar refractivity (Wildman–Crippen MR) is 83.9 cm³/mol.